The van der Waals surface area contributed by atoms with Gasteiger partial charge in [0.2, 0.25) is 0 Å². The third-order valence-electron chi connectivity index (χ3n) is 5.31. The van der Waals surface area contributed by atoms with Gasteiger partial charge in [0.15, 0.2) is 0 Å². The lowest BCUT2D eigenvalue weighted by Crippen LogP contribution is -2.39. The molecule has 4 heteroatoms. The van der Waals surface area contributed by atoms with Gasteiger partial charge in [0, 0.05) is 19.0 Å². The van der Waals surface area contributed by atoms with Crippen molar-refractivity contribution in [3.8, 4) is 0 Å². The van der Waals surface area contributed by atoms with Crippen molar-refractivity contribution in [2.45, 2.75) is 57.4 Å². The van der Waals surface area contributed by atoms with Gasteiger partial charge in [-0.15, -0.1) is 0 Å². The van der Waals surface area contributed by atoms with Crippen LogP contribution in [0.4, 0.5) is 0 Å². The first-order chi connectivity index (χ1) is 8.72. The maximum atomic E-state index is 8.72. The fraction of sp³-hybridized carbons (Fsp3) is 0.929. The molecule has 2 aliphatic carbocycles. The molecule has 0 aromatic rings. The van der Waals surface area contributed by atoms with Crippen LogP contribution in [0.3, 0.4) is 0 Å². The van der Waals surface area contributed by atoms with E-state index < -0.39 is 0 Å². The lowest BCUT2D eigenvalue weighted by Gasteiger charge is -2.34. The summed E-state index contributed by atoms with van der Waals surface area (Å²) in [6.07, 6.45) is 10.3. The molecule has 2 unspecified atom stereocenters. The second-order valence-corrected chi connectivity index (χ2v) is 6.64. The summed E-state index contributed by atoms with van der Waals surface area (Å²) in [5, 5.41) is 11.9. The third-order valence-corrected chi connectivity index (χ3v) is 5.31. The van der Waals surface area contributed by atoms with Crippen molar-refractivity contribution in [2.75, 3.05) is 13.1 Å². The fourth-order valence-corrected chi connectivity index (χ4v) is 4.12. The zero-order chi connectivity index (χ0) is 12.6. The Morgan fingerprint density at radius 1 is 1.28 bits per heavy atom. The normalized spacial score (nSPS) is 35.4. The van der Waals surface area contributed by atoms with Crippen LogP contribution in [-0.4, -0.2) is 35.1 Å². The van der Waals surface area contributed by atoms with Crippen LogP contribution in [0.5, 0.6) is 0 Å². The van der Waals surface area contributed by atoms with Crippen LogP contribution >= 0.6 is 0 Å². The smallest absolute Gasteiger partial charge is 0.139 e. The van der Waals surface area contributed by atoms with E-state index in [0.717, 1.165) is 18.4 Å². The summed E-state index contributed by atoms with van der Waals surface area (Å²) in [6.45, 7) is 2.44. The van der Waals surface area contributed by atoms with Crippen molar-refractivity contribution >= 4 is 5.84 Å². The van der Waals surface area contributed by atoms with Crippen molar-refractivity contribution in [1.29, 1.82) is 0 Å². The fourth-order valence-electron chi connectivity index (χ4n) is 4.12. The highest BCUT2D eigenvalue weighted by Gasteiger charge is 2.47. The molecule has 3 rings (SSSR count). The molecule has 1 aliphatic heterocycles. The van der Waals surface area contributed by atoms with Gasteiger partial charge < -0.3 is 10.9 Å². The van der Waals surface area contributed by atoms with Gasteiger partial charge >= 0.3 is 0 Å². The van der Waals surface area contributed by atoms with Crippen molar-refractivity contribution < 1.29 is 5.21 Å². The van der Waals surface area contributed by atoms with E-state index >= 15 is 0 Å². The zero-order valence-corrected chi connectivity index (χ0v) is 11.1. The Hall–Kier alpha value is -0.770. The topological polar surface area (TPSA) is 61.8 Å². The monoisotopic (exact) mass is 251 g/mol. The number of likely N-dealkylation sites (tertiary alicyclic amines) is 1. The zero-order valence-electron chi connectivity index (χ0n) is 11.1. The van der Waals surface area contributed by atoms with E-state index in [1.165, 1.54) is 58.0 Å². The number of nitrogens with zero attached hydrogens (tertiary/aromatic N) is 2. The van der Waals surface area contributed by atoms with Gasteiger partial charge in [0.05, 0.1) is 0 Å². The molecule has 0 amide bonds. The van der Waals surface area contributed by atoms with E-state index in [4.69, 9.17) is 10.9 Å². The molecule has 2 saturated carbocycles. The summed E-state index contributed by atoms with van der Waals surface area (Å²) in [5.41, 5.74) is 6.02. The quantitative estimate of drug-likeness (QED) is 0.348. The number of nitrogens with two attached hydrogens (primary N) is 1. The summed E-state index contributed by atoms with van der Waals surface area (Å²) in [5.74, 6) is 1.37. The summed E-state index contributed by atoms with van der Waals surface area (Å²) < 4.78 is 0. The van der Waals surface area contributed by atoms with Crippen LogP contribution in [0.2, 0.25) is 0 Å². The largest absolute Gasteiger partial charge is 0.409 e. The summed E-state index contributed by atoms with van der Waals surface area (Å²) in [7, 11) is 0. The molecule has 3 fully saturated rings. The lowest BCUT2D eigenvalue weighted by atomic mass is 9.85. The first-order valence-electron chi connectivity index (χ1n) is 7.43. The van der Waals surface area contributed by atoms with Crippen molar-refractivity contribution in [3.05, 3.63) is 0 Å². The van der Waals surface area contributed by atoms with Crippen LogP contribution < -0.4 is 5.73 Å². The molecule has 0 spiro atoms. The molecule has 4 nitrogen and oxygen atoms in total. The van der Waals surface area contributed by atoms with Gasteiger partial charge in [-0.25, -0.2) is 0 Å². The summed E-state index contributed by atoms with van der Waals surface area (Å²) >= 11 is 0. The minimum absolute atomic E-state index is 0.336. The maximum absolute atomic E-state index is 8.72. The molecular weight excluding hydrogens is 226 g/mol. The standard InChI is InChI=1S/C14H25N3O/c15-13(16-18)9-14(6-7-14)10-17-8-5-11-3-1-2-4-12(11)17/h11-12,18H,1-10H2,(H2,15,16). The van der Waals surface area contributed by atoms with Gasteiger partial charge in [-0.2, -0.15) is 0 Å². The van der Waals surface area contributed by atoms with Gasteiger partial charge in [-0.05, 0) is 50.0 Å². The number of hydrogen-bond acceptors (Lipinski definition) is 3. The van der Waals surface area contributed by atoms with Gasteiger partial charge in [0.1, 0.15) is 5.84 Å². The number of amidine groups is 1. The Labute approximate surface area is 109 Å². The SMILES string of the molecule is NC(CC1(CN2CCC3CCCCC32)CC1)=NO. The molecule has 0 aromatic heterocycles. The molecule has 3 aliphatic rings. The highest BCUT2D eigenvalue weighted by Crippen LogP contribution is 2.51. The highest BCUT2D eigenvalue weighted by molar-refractivity contribution is 5.80. The molecule has 0 aromatic carbocycles. The van der Waals surface area contributed by atoms with Gasteiger partial charge in [-0.1, -0.05) is 18.0 Å². The molecule has 0 radical (unpaired) electrons. The number of fused-ring (bicyclic) bond motifs is 1. The van der Waals surface area contributed by atoms with Crippen LogP contribution in [-0.2, 0) is 0 Å². The minimum Gasteiger partial charge on any atom is -0.409 e. The van der Waals surface area contributed by atoms with Gasteiger partial charge in [-0.3, -0.25) is 4.90 Å². The first-order valence-corrected chi connectivity index (χ1v) is 7.43. The minimum atomic E-state index is 0.336. The van der Waals surface area contributed by atoms with E-state index in [1.54, 1.807) is 0 Å². The van der Waals surface area contributed by atoms with Crippen molar-refractivity contribution in [3.63, 3.8) is 0 Å². The van der Waals surface area contributed by atoms with E-state index in [9.17, 15) is 0 Å². The Morgan fingerprint density at radius 3 is 2.78 bits per heavy atom. The second kappa shape index (κ2) is 4.72. The summed E-state index contributed by atoms with van der Waals surface area (Å²) in [4.78, 5) is 2.71. The lowest BCUT2D eigenvalue weighted by molar-refractivity contribution is 0.154. The van der Waals surface area contributed by atoms with Gasteiger partial charge in [0.25, 0.3) is 0 Å². The highest BCUT2D eigenvalue weighted by atomic mass is 16.4. The third kappa shape index (κ3) is 2.35. The summed E-state index contributed by atoms with van der Waals surface area (Å²) in [6, 6.07) is 0.837. The number of rotatable bonds is 4. The Morgan fingerprint density at radius 2 is 2.06 bits per heavy atom. The Balaban J connectivity index is 1.59. The van der Waals surface area contributed by atoms with Crippen LogP contribution in [0, 0.1) is 11.3 Å². The van der Waals surface area contributed by atoms with E-state index in [0.29, 0.717) is 11.3 Å². The van der Waals surface area contributed by atoms with Crippen molar-refractivity contribution in [2.24, 2.45) is 22.2 Å². The Bertz CT molecular complexity index is 338. The van der Waals surface area contributed by atoms with Crippen LogP contribution in [0.1, 0.15) is 51.4 Å². The molecule has 102 valence electrons. The molecule has 1 saturated heterocycles. The molecule has 0 bridgehead atoms. The molecule has 18 heavy (non-hydrogen) atoms. The maximum Gasteiger partial charge on any atom is 0.139 e. The van der Waals surface area contributed by atoms with Crippen molar-refractivity contribution in [1.82, 2.24) is 4.90 Å². The molecule has 1 heterocycles. The average Bonchev–Trinajstić information content (AvgIpc) is 3.02. The molecule has 3 N–H and O–H groups in total. The predicted octanol–water partition coefficient (Wildman–Crippen LogP) is 2.17. The van der Waals surface area contributed by atoms with Crippen LogP contribution in [0.25, 0.3) is 0 Å². The number of hydrogen-bond donors (Lipinski definition) is 2. The Kier molecular flexibility index (Phi) is 3.22. The molecular formula is C14H25N3O. The average molecular weight is 251 g/mol. The first kappa shape index (κ1) is 12.3. The molecule has 2 atom stereocenters. The van der Waals surface area contributed by atoms with E-state index in [1.807, 2.05) is 0 Å². The number of oxime groups is 1. The van der Waals surface area contributed by atoms with E-state index in [2.05, 4.69) is 10.1 Å². The predicted molar refractivity (Wildman–Crippen MR) is 71.6 cm³/mol. The second-order valence-electron chi connectivity index (χ2n) is 6.64. The van der Waals surface area contributed by atoms with Crippen LogP contribution in [0.15, 0.2) is 5.16 Å². The van der Waals surface area contributed by atoms with E-state index in [-0.39, 0.29) is 0 Å².